The zero-order chi connectivity index (χ0) is 21.9. The van der Waals surface area contributed by atoms with E-state index in [1.54, 1.807) is 13.1 Å². The molecule has 0 bridgehead atoms. The topological polar surface area (TPSA) is 88.8 Å². The number of carbonyl (C=O) groups is 1. The summed E-state index contributed by atoms with van der Waals surface area (Å²) in [7, 11) is -0.763. The van der Waals surface area contributed by atoms with Gasteiger partial charge in [-0.15, -0.1) is 0 Å². The molecule has 1 aliphatic rings. The summed E-state index contributed by atoms with van der Waals surface area (Å²) in [5, 5.41) is 0. The largest absolute Gasteiger partial charge is 0.495 e. The summed E-state index contributed by atoms with van der Waals surface area (Å²) < 4.78 is 39.9. The zero-order valence-electron chi connectivity index (χ0n) is 18.0. The van der Waals surface area contributed by atoms with Crippen LogP contribution >= 0.6 is 0 Å². The Bertz CT molecular complexity index is 999. The molecular formula is C22H30N2O5S. The number of rotatable bonds is 7. The van der Waals surface area contributed by atoms with Crippen LogP contribution in [0.3, 0.4) is 0 Å². The molecule has 1 heterocycles. The predicted octanol–water partition coefficient (Wildman–Crippen LogP) is 3.73. The van der Waals surface area contributed by atoms with Crippen LogP contribution in [0.4, 0.5) is 0 Å². The number of aryl methyl sites for hydroxylation is 1. The van der Waals surface area contributed by atoms with E-state index in [0.29, 0.717) is 12.3 Å². The van der Waals surface area contributed by atoms with Crippen LogP contribution in [0.25, 0.3) is 0 Å². The fraction of sp³-hybridized carbons (Fsp3) is 0.500. The van der Waals surface area contributed by atoms with Crippen molar-refractivity contribution in [2.24, 2.45) is 5.92 Å². The zero-order valence-corrected chi connectivity index (χ0v) is 18.8. The van der Waals surface area contributed by atoms with E-state index in [9.17, 15) is 13.2 Å². The second-order valence-electron chi connectivity index (χ2n) is 8.03. The molecule has 0 spiro atoms. The molecule has 0 aliphatic heterocycles. The van der Waals surface area contributed by atoms with Gasteiger partial charge >= 0.3 is 0 Å². The second kappa shape index (κ2) is 9.22. The average Bonchev–Trinajstić information content (AvgIpc) is 3.13. The van der Waals surface area contributed by atoms with Gasteiger partial charge in [-0.2, -0.15) is 0 Å². The van der Waals surface area contributed by atoms with Crippen molar-refractivity contribution in [2.45, 2.75) is 57.0 Å². The maximum atomic E-state index is 13.1. The molecule has 2 aromatic rings. The molecule has 1 aliphatic carbocycles. The van der Waals surface area contributed by atoms with E-state index in [1.165, 1.54) is 24.1 Å². The third-order valence-corrected chi connectivity index (χ3v) is 7.16. The first-order chi connectivity index (χ1) is 14.2. The van der Waals surface area contributed by atoms with Gasteiger partial charge in [-0.3, -0.25) is 4.79 Å². The SMILES string of the molecule is COc1ccc(C(=O)N(C)Cc2ccc(C)o2)cc1S(=O)(=O)NC1CCCCC1C. The van der Waals surface area contributed by atoms with Crippen LogP contribution in [0.15, 0.2) is 39.6 Å². The monoisotopic (exact) mass is 434 g/mol. The Kier molecular flexibility index (Phi) is 6.88. The minimum atomic E-state index is -3.84. The molecular weight excluding hydrogens is 404 g/mol. The smallest absolute Gasteiger partial charge is 0.254 e. The van der Waals surface area contributed by atoms with Gasteiger partial charge in [0.15, 0.2) is 0 Å². The van der Waals surface area contributed by atoms with Gasteiger partial charge in [0.05, 0.1) is 13.7 Å². The Labute approximate surface area is 178 Å². The van der Waals surface area contributed by atoms with Crippen molar-refractivity contribution in [3.8, 4) is 5.75 Å². The molecule has 3 rings (SSSR count). The molecule has 164 valence electrons. The lowest BCUT2D eigenvalue weighted by Gasteiger charge is -2.29. The molecule has 8 heteroatoms. The number of carbonyl (C=O) groups excluding carboxylic acids is 1. The maximum absolute atomic E-state index is 13.1. The summed E-state index contributed by atoms with van der Waals surface area (Å²) in [6.07, 6.45) is 3.94. The van der Waals surface area contributed by atoms with Gasteiger partial charge in [0.25, 0.3) is 5.91 Å². The Morgan fingerprint density at radius 3 is 2.60 bits per heavy atom. The van der Waals surface area contributed by atoms with Gasteiger partial charge in [-0.05, 0) is 56.0 Å². The standard InChI is InChI=1S/C22H30N2O5S/c1-15-7-5-6-8-19(15)23-30(26,27)21-13-17(10-12-20(21)28-4)22(25)24(3)14-18-11-9-16(2)29-18/h9-13,15,19,23H,5-8,14H2,1-4H3. The first kappa shape index (κ1) is 22.4. The van der Waals surface area contributed by atoms with Crippen LogP contribution in [-0.4, -0.2) is 39.4 Å². The molecule has 1 amide bonds. The summed E-state index contributed by atoms with van der Waals surface area (Å²) in [4.78, 5) is 14.4. The number of nitrogens with one attached hydrogen (secondary N) is 1. The van der Waals surface area contributed by atoms with Gasteiger partial charge in [0.1, 0.15) is 22.2 Å². The highest BCUT2D eigenvalue weighted by atomic mass is 32.2. The Hall–Kier alpha value is -2.32. The van der Waals surface area contributed by atoms with Crippen molar-refractivity contribution in [3.05, 3.63) is 47.4 Å². The first-order valence-electron chi connectivity index (χ1n) is 10.2. The van der Waals surface area contributed by atoms with Crippen LogP contribution in [-0.2, 0) is 16.6 Å². The summed E-state index contributed by atoms with van der Waals surface area (Å²) >= 11 is 0. The van der Waals surface area contributed by atoms with Crippen LogP contribution in [0.2, 0.25) is 0 Å². The van der Waals surface area contributed by atoms with Crippen molar-refractivity contribution in [3.63, 3.8) is 0 Å². The summed E-state index contributed by atoms with van der Waals surface area (Å²) in [5.41, 5.74) is 0.277. The number of furan rings is 1. The molecule has 1 aromatic carbocycles. The number of ether oxygens (including phenoxy) is 1. The number of sulfonamides is 1. The van der Waals surface area contributed by atoms with E-state index >= 15 is 0 Å². The highest BCUT2D eigenvalue weighted by Crippen LogP contribution is 2.29. The van der Waals surface area contributed by atoms with Crippen molar-refractivity contribution in [2.75, 3.05) is 14.2 Å². The predicted molar refractivity (Wildman–Crippen MR) is 114 cm³/mol. The number of hydrogen-bond donors (Lipinski definition) is 1. The molecule has 0 saturated heterocycles. The van der Waals surface area contributed by atoms with E-state index in [1.807, 2.05) is 19.1 Å². The maximum Gasteiger partial charge on any atom is 0.254 e. The highest BCUT2D eigenvalue weighted by Gasteiger charge is 2.29. The lowest BCUT2D eigenvalue weighted by molar-refractivity contribution is 0.0774. The molecule has 30 heavy (non-hydrogen) atoms. The fourth-order valence-corrected chi connectivity index (χ4v) is 5.44. The number of benzene rings is 1. The second-order valence-corrected chi connectivity index (χ2v) is 9.71. The lowest BCUT2D eigenvalue weighted by Crippen LogP contribution is -2.41. The Morgan fingerprint density at radius 1 is 1.23 bits per heavy atom. The van der Waals surface area contributed by atoms with E-state index in [0.717, 1.165) is 31.4 Å². The molecule has 1 aromatic heterocycles. The number of nitrogens with zero attached hydrogens (tertiary/aromatic N) is 1. The number of amides is 1. The molecule has 7 nitrogen and oxygen atoms in total. The van der Waals surface area contributed by atoms with E-state index < -0.39 is 10.0 Å². The van der Waals surface area contributed by atoms with Crippen LogP contribution in [0, 0.1) is 12.8 Å². The average molecular weight is 435 g/mol. The van der Waals surface area contributed by atoms with Crippen LogP contribution in [0.5, 0.6) is 5.75 Å². The normalized spacial score (nSPS) is 19.5. The molecule has 1 N–H and O–H groups in total. The summed E-state index contributed by atoms with van der Waals surface area (Å²) in [6, 6.07) is 8.03. The third-order valence-electron chi connectivity index (χ3n) is 5.65. The van der Waals surface area contributed by atoms with Crippen molar-refractivity contribution in [1.29, 1.82) is 0 Å². The summed E-state index contributed by atoms with van der Waals surface area (Å²) in [6.45, 7) is 4.19. The Balaban J connectivity index is 1.84. The van der Waals surface area contributed by atoms with Gasteiger partial charge in [-0.1, -0.05) is 19.8 Å². The highest BCUT2D eigenvalue weighted by molar-refractivity contribution is 7.89. The van der Waals surface area contributed by atoms with E-state index in [2.05, 4.69) is 11.6 Å². The molecule has 2 atom stereocenters. The third kappa shape index (κ3) is 5.05. The van der Waals surface area contributed by atoms with Gasteiger partial charge < -0.3 is 14.1 Å². The molecule has 0 radical (unpaired) electrons. The van der Waals surface area contributed by atoms with Crippen LogP contribution in [0.1, 0.15) is 54.5 Å². The van der Waals surface area contributed by atoms with E-state index in [-0.39, 0.29) is 34.1 Å². The van der Waals surface area contributed by atoms with Crippen molar-refractivity contribution in [1.82, 2.24) is 9.62 Å². The lowest BCUT2D eigenvalue weighted by atomic mass is 9.87. The first-order valence-corrected chi connectivity index (χ1v) is 11.7. The molecule has 2 unspecified atom stereocenters. The van der Waals surface area contributed by atoms with Gasteiger partial charge in [0.2, 0.25) is 10.0 Å². The van der Waals surface area contributed by atoms with Crippen LogP contribution < -0.4 is 9.46 Å². The summed E-state index contributed by atoms with van der Waals surface area (Å²) in [5.74, 6) is 1.62. The number of methoxy groups -OCH3 is 1. The number of hydrogen-bond acceptors (Lipinski definition) is 5. The molecule has 1 saturated carbocycles. The van der Waals surface area contributed by atoms with Gasteiger partial charge in [-0.25, -0.2) is 13.1 Å². The van der Waals surface area contributed by atoms with Crippen molar-refractivity contribution < 1.29 is 22.4 Å². The quantitative estimate of drug-likeness (QED) is 0.717. The van der Waals surface area contributed by atoms with Crippen molar-refractivity contribution >= 4 is 15.9 Å². The minimum Gasteiger partial charge on any atom is -0.495 e. The Morgan fingerprint density at radius 2 is 1.97 bits per heavy atom. The van der Waals surface area contributed by atoms with E-state index in [4.69, 9.17) is 9.15 Å². The van der Waals surface area contributed by atoms with Gasteiger partial charge in [0, 0.05) is 18.7 Å². The molecule has 1 fully saturated rings. The fourth-order valence-electron chi connectivity index (χ4n) is 3.87. The minimum absolute atomic E-state index is 0.0177.